The second-order valence-corrected chi connectivity index (χ2v) is 7.21. The van der Waals surface area contributed by atoms with Gasteiger partial charge >= 0.3 is 0 Å². The zero-order valence-corrected chi connectivity index (χ0v) is 15.9. The SMILES string of the molecule is [2H]C([2H])([2H])Oc1nc(NC2CCC(OC)CC2)nc2[nH]cc(-c3ccc4ncnn4c3)c12. The van der Waals surface area contributed by atoms with Crippen LogP contribution in [-0.4, -0.2) is 55.8 Å². The summed E-state index contributed by atoms with van der Waals surface area (Å²) in [4.78, 5) is 16.3. The smallest absolute Gasteiger partial charge is 0.228 e. The summed E-state index contributed by atoms with van der Waals surface area (Å²) < 4.78 is 35.2. The monoisotopic (exact) mass is 396 g/mol. The van der Waals surface area contributed by atoms with Crippen LogP contribution in [0.25, 0.3) is 27.8 Å². The zero-order valence-electron chi connectivity index (χ0n) is 18.9. The molecule has 1 fully saturated rings. The first-order valence-corrected chi connectivity index (χ1v) is 9.57. The molecule has 0 spiro atoms. The van der Waals surface area contributed by atoms with Crippen LogP contribution in [0.2, 0.25) is 0 Å². The minimum atomic E-state index is -2.65. The number of rotatable bonds is 5. The Morgan fingerprint density at radius 1 is 1.24 bits per heavy atom. The highest BCUT2D eigenvalue weighted by Gasteiger charge is 2.23. The number of ether oxygens (including phenoxy) is 2. The third-order valence-corrected chi connectivity index (χ3v) is 5.52. The minimum Gasteiger partial charge on any atom is -0.480 e. The number of aromatic amines is 1. The molecule has 4 aromatic rings. The third kappa shape index (κ3) is 3.27. The second kappa shape index (κ2) is 7.32. The molecule has 0 aliphatic heterocycles. The number of anilines is 1. The van der Waals surface area contributed by atoms with Crippen LogP contribution in [0, 0.1) is 0 Å². The highest BCUT2D eigenvalue weighted by molar-refractivity contribution is 5.97. The largest absolute Gasteiger partial charge is 0.480 e. The van der Waals surface area contributed by atoms with Gasteiger partial charge in [-0.25, -0.2) is 9.50 Å². The molecule has 0 aromatic carbocycles. The van der Waals surface area contributed by atoms with Gasteiger partial charge in [-0.1, -0.05) is 0 Å². The molecule has 0 bridgehead atoms. The van der Waals surface area contributed by atoms with E-state index >= 15 is 0 Å². The fourth-order valence-corrected chi connectivity index (χ4v) is 3.97. The van der Waals surface area contributed by atoms with Gasteiger partial charge in [-0.05, 0) is 37.8 Å². The fraction of sp³-hybridized carbons (Fsp3) is 0.400. The average Bonchev–Trinajstić information content (AvgIpc) is 3.39. The summed E-state index contributed by atoms with van der Waals surface area (Å²) in [6, 6.07) is 3.90. The number of nitrogens with one attached hydrogen (secondary N) is 2. The van der Waals surface area contributed by atoms with E-state index in [0.29, 0.717) is 28.2 Å². The third-order valence-electron chi connectivity index (χ3n) is 5.52. The first-order chi connectivity index (χ1) is 15.4. The molecule has 0 saturated heterocycles. The van der Waals surface area contributed by atoms with Crippen LogP contribution in [0.5, 0.6) is 5.88 Å². The van der Waals surface area contributed by atoms with Crippen LogP contribution in [0.1, 0.15) is 29.8 Å². The number of pyridine rings is 1. The summed E-state index contributed by atoms with van der Waals surface area (Å²) in [5.41, 5.74) is 2.70. The molecule has 5 rings (SSSR count). The topological polar surface area (TPSA) is 102 Å². The number of aromatic nitrogens is 6. The molecular formula is C20H23N7O2. The van der Waals surface area contributed by atoms with Crippen molar-refractivity contribution in [3.05, 3.63) is 30.9 Å². The molecule has 9 heteroatoms. The lowest BCUT2D eigenvalue weighted by Crippen LogP contribution is -2.29. The minimum absolute atomic E-state index is 0.00184. The molecular weight excluding hydrogens is 370 g/mol. The standard InChI is InChI=1S/C20H23N7O2/c1-28-14-6-4-13(5-7-14)24-20-25-18-17(19(26-20)29-2)15(9-21-18)12-3-8-16-22-11-23-27(16)10-12/h3,8-11,13-14H,4-7H2,1-2H3,(H2,21,24,25,26)/i2D3. The molecule has 0 unspecified atom stereocenters. The van der Waals surface area contributed by atoms with Crippen LogP contribution in [0.3, 0.4) is 0 Å². The fourth-order valence-electron chi connectivity index (χ4n) is 3.97. The van der Waals surface area contributed by atoms with Crippen molar-refractivity contribution >= 4 is 22.6 Å². The van der Waals surface area contributed by atoms with Crippen molar-refractivity contribution in [2.45, 2.75) is 37.8 Å². The van der Waals surface area contributed by atoms with Crippen molar-refractivity contribution < 1.29 is 13.6 Å². The van der Waals surface area contributed by atoms with Crippen molar-refractivity contribution in [3.63, 3.8) is 0 Å². The van der Waals surface area contributed by atoms with Crippen molar-refractivity contribution in [2.75, 3.05) is 19.5 Å². The molecule has 9 nitrogen and oxygen atoms in total. The van der Waals surface area contributed by atoms with Crippen LogP contribution >= 0.6 is 0 Å². The summed E-state index contributed by atoms with van der Waals surface area (Å²) in [7, 11) is -0.920. The molecule has 0 amide bonds. The number of methoxy groups -OCH3 is 2. The lowest BCUT2D eigenvalue weighted by Gasteiger charge is -2.28. The number of hydrogen-bond acceptors (Lipinski definition) is 7. The van der Waals surface area contributed by atoms with E-state index in [0.717, 1.165) is 31.2 Å². The first-order valence-electron chi connectivity index (χ1n) is 11.1. The summed E-state index contributed by atoms with van der Waals surface area (Å²) in [5, 5.41) is 7.99. The van der Waals surface area contributed by atoms with E-state index in [-0.39, 0.29) is 18.0 Å². The summed E-state index contributed by atoms with van der Waals surface area (Å²) in [6.07, 6.45) is 9.06. The van der Waals surface area contributed by atoms with Gasteiger partial charge in [-0.3, -0.25) is 0 Å². The van der Waals surface area contributed by atoms with Crippen molar-refractivity contribution in [1.82, 2.24) is 29.5 Å². The maximum absolute atomic E-state index is 7.61. The van der Waals surface area contributed by atoms with E-state index in [2.05, 4.69) is 30.4 Å². The van der Waals surface area contributed by atoms with Crippen LogP contribution in [0.4, 0.5) is 5.95 Å². The molecule has 4 aromatic heterocycles. The second-order valence-electron chi connectivity index (χ2n) is 7.21. The Morgan fingerprint density at radius 3 is 2.97 bits per heavy atom. The molecule has 1 aliphatic carbocycles. The van der Waals surface area contributed by atoms with E-state index in [9.17, 15) is 0 Å². The molecule has 29 heavy (non-hydrogen) atoms. The summed E-state index contributed by atoms with van der Waals surface area (Å²) in [5.74, 6) is 0.329. The highest BCUT2D eigenvalue weighted by atomic mass is 16.5. The van der Waals surface area contributed by atoms with E-state index in [1.165, 1.54) is 6.33 Å². The Balaban J connectivity index is 1.53. The quantitative estimate of drug-likeness (QED) is 0.534. The molecule has 1 aliphatic rings. The lowest BCUT2D eigenvalue weighted by atomic mass is 9.93. The maximum Gasteiger partial charge on any atom is 0.228 e. The molecule has 1 saturated carbocycles. The van der Waals surface area contributed by atoms with E-state index < -0.39 is 7.04 Å². The predicted molar refractivity (Wildman–Crippen MR) is 109 cm³/mol. The average molecular weight is 396 g/mol. The predicted octanol–water partition coefficient (Wildman–Crippen LogP) is 3.05. The summed E-state index contributed by atoms with van der Waals surface area (Å²) in [6.45, 7) is 0. The normalized spacial score (nSPS) is 21.6. The van der Waals surface area contributed by atoms with Crippen LogP contribution < -0.4 is 10.1 Å². The first kappa shape index (κ1) is 14.7. The van der Waals surface area contributed by atoms with Gasteiger partial charge < -0.3 is 19.8 Å². The molecule has 0 atom stereocenters. The lowest BCUT2D eigenvalue weighted by molar-refractivity contribution is 0.0681. The number of nitrogens with zero attached hydrogens (tertiary/aromatic N) is 5. The van der Waals surface area contributed by atoms with Gasteiger partial charge in [0.1, 0.15) is 12.0 Å². The Kier molecular flexibility index (Phi) is 3.72. The number of fused-ring (bicyclic) bond motifs is 2. The van der Waals surface area contributed by atoms with Gasteiger partial charge in [0.15, 0.2) is 5.65 Å². The van der Waals surface area contributed by atoms with Gasteiger partial charge in [-0.2, -0.15) is 15.1 Å². The summed E-state index contributed by atoms with van der Waals surface area (Å²) >= 11 is 0. The van der Waals surface area contributed by atoms with Gasteiger partial charge in [-0.15, -0.1) is 0 Å². The molecule has 0 radical (unpaired) electrons. The maximum atomic E-state index is 7.61. The van der Waals surface area contributed by atoms with Crippen LogP contribution in [-0.2, 0) is 4.74 Å². The zero-order chi connectivity index (χ0) is 22.3. The Morgan fingerprint density at radius 2 is 2.14 bits per heavy atom. The van der Waals surface area contributed by atoms with E-state index in [1.54, 1.807) is 17.8 Å². The molecule has 150 valence electrons. The number of hydrogen-bond donors (Lipinski definition) is 2. The van der Waals surface area contributed by atoms with E-state index in [4.69, 9.17) is 13.6 Å². The van der Waals surface area contributed by atoms with Crippen LogP contribution in [0.15, 0.2) is 30.9 Å². The van der Waals surface area contributed by atoms with Gasteiger partial charge in [0.05, 0.1) is 22.6 Å². The van der Waals surface area contributed by atoms with Gasteiger partial charge in [0.25, 0.3) is 0 Å². The highest BCUT2D eigenvalue weighted by Crippen LogP contribution is 2.34. The Hall–Kier alpha value is -3.20. The van der Waals surface area contributed by atoms with Crippen molar-refractivity contribution in [2.24, 2.45) is 0 Å². The number of H-pyrrole nitrogens is 1. The molecule has 2 N–H and O–H groups in total. The Labute approximate surface area is 171 Å². The van der Waals surface area contributed by atoms with Gasteiger partial charge in [0, 0.05) is 36.7 Å². The molecule has 4 heterocycles. The Bertz CT molecular complexity index is 1250. The van der Waals surface area contributed by atoms with Crippen molar-refractivity contribution in [1.29, 1.82) is 0 Å². The van der Waals surface area contributed by atoms with Crippen molar-refractivity contribution in [3.8, 4) is 17.0 Å². The van der Waals surface area contributed by atoms with E-state index in [1.807, 2.05) is 18.3 Å². The van der Waals surface area contributed by atoms with Gasteiger partial charge in [0.2, 0.25) is 11.8 Å².